The summed E-state index contributed by atoms with van der Waals surface area (Å²) < 4.78 is 13.1. The van der Waals surface area contributed by atoms with E-state index in [9.17, 15) is 4.39 Å². The Morgan fingerprint density at radius 3 is 2.89 bits per heavy atom. The van der Waals surface area contributed by atoms with Crippen LogP contribution in [0.4, 0.5) is 15.9 Å². The van der Waals surface area contributed by atoms with Gasteiger partial charge in [0.25, 0.3) is 0 Å². The van der Waals surface area contributed by atoms with Crippen LogP contribution in [0, 0.1) is 12.7 Å². The van der Waals surface area contributed by atoms with Crippen LogP contribution in [0.2, 0.25) is 5.02 Å². The highest BCUT2D eigenvalue weighted by atomic mass is 35.5. The zero-order valence-corrected chi connectivity index (χ0v) is 11.5. The van der Waals surface area contributed by atoms with Gasteiger partial charge in [0.05, 0.1) is 10.4 Å². The average molecular weight is 294 g/mol. The van der Waals surface area contributed by atoms with Crippen molar-refractivity contribution < 1.29 is 4.39 Å². The smallest absolute Gasteiger partial charge is 0.142 e. The molecule has 0 saturated carbocycles. The normalized spacial score (nSPS) is 10.9. The summed E-state index contributed by atoms with van der Waals surface area (Å²) in [5.41, 5.74) is 0.690. The summed E-state index contributed by atoms with van der Waals surface area (Å²) in [6, 6.07) is 6.49. The predicted octanol–water partition coefficient (Wildman–Crippen LogP) is 4.54. The molecule has 2 aromatic heterocycles. The fourth-order valence-electron chi connectivity index (χ4n) is 1.79. The van der Waals surface area contributed by atoms with E-state index in [1.54, 1.807) is 17.4 Å². The van der Waals surface area contributed by atoms with E-state index in [1.807, 2.05) is 13.0 Å². The molecule has 3 aromatic rings. The van der Waals surface area contributed by atoms with Crippen LogP contribution in [0.25, 0.3) is 10.2 Å². The Hall–Kier alpha value is -1.72. The lowest BCUT2D eigenvalue weighted by atomic mass is 10.3. The van der Waals surface area contributed by atoms with E-state index in [1.165, 1.54) is 18.5 Å². The van der Waals surface area contributed by atoms with Gasteiger partial charge in [-0.25, -0.2) is 14.4 Å². The molecule has 0 spiro atoms. The second kappa shape index (κ2) is 4.75. The molecule has 6 heteroatoms. The first kappa shape index (κ1) is 12.3. The van der Waals surface area contributed by atoms with Crippen LogP contribution >= 0.6 is 22.9 Å². The number of hydrogen-bond donors (Lipinski definition) is 1. The van der Waals surface area contributed by atoms with E-state index < -0.39 is 5.82 Å². The van der Waals surface area contributed by atoms with Crippen molar-refractivity contribution >= 4 is 44.7 Å². The van der Waals surface area contributed by atoms with Crippen molar-refractivity contribution in [3.05, 3.63) is 46.3 Å². The zero-order valence-electron chi connectivity index (χ0n) is 9.95. The molecule has 96 valence electrons. The summed E-state index contributed by atoms with van der Waals surface area (Å²) in [5.74, 6) is 0.253. The van der Waals surface area contributed by atoms with Gasteiger partial charge >= 0.3 is 0 Å². The van der Waals surface area contributed by atoms with E-state index >= 15 is 0 Å². The van der Waals surface area contributed by atoms with Gasteiger partial charge in [-0.15, -0.1) is 11.3 Å². The lowest BCUT2D eigenvalue weighted by Crippen LogP contribution is -1.95. The number of benzene rings is 1. The van der Waals surface area contributed by atoms with Gasteiger partial charge in [0.2, 0.25) is 0 Å². The van der Waals surface area contributed by atoms with Crippen molar-refractivity contribution in [2.24, 2.45) is 0 Å². The summed E-state index contributed by atoms with van der Waals surface area (Å²) in [7, 11) is 0. The van der Waals surface area contributed by atoms with E-state index in [-0.39, 0.29) is 5.02 Å². The minimum atomic E-state index is -0.438. The van der Waals surface area contributed by atoms with Gasteiger partial charge in [-0.05, 0) is 31.2 Å². The molecule has 1 aromatic carbocycles. The molecule has 19 heavy (non-hydrogen) atoms. The number of halogens is 2. The molecule has 0 fully saturated rings. The highest BCUT2D eigenvalue weighted by Crippen LogP contribution is 2.30. The summed E-state index contributed by atoms with van der Waals surface area (Å²) in [5, 5.41) is 4.16. The average Bonchev–Trinajstić information content (AvgIpc) is 2.75. The highest BCUT2D eigenvalue weighted by Gasteiger charge is 2.08. The molecule has 0 bridgehead atoms. The highest BCUT2D eigenvalue weighted by molar-refractivity contribution is 7.18. The molecule has 0 atom stereocenters. The number of fused-ring (bicyclic) bond motifs is 1. The Labute approximate surface area is 118 Å². The molecule has 0 radical (unpaired) electrons. The summed E-state index contributed by atoms with van der Waals surface area (Å²) in [6.45, 7) is 2.02. The third-order valence-electron chi connectivity index (χ3n) is 2.63. The zero-order chi connectivity index (χ0) is 13.4. The number of thiophene rings is 1. The molecular formula is C13H9ClFN3S. The van der Waals surface area contributed by atoms with Crippen molar-refractivity contribution in [1.82, 2.24) is 9.97 Å². The Balaban J connectivity index is 2.02. The summed E-state index contributed by atoms with van der Waals surface area (Å²) in [6.07, 6.45) is 1.51. The first-order chi connectivity index (χ1) is 9.13. The third kappa shape index (κ3) is 2.39. The Bertz CT molecular complexity index is 757. The number of aryl methyl sites for hydroxylation is 1. The van der Waals surface area contributed by atoms with Gasteiger partial charge in [0, 0.05) is 10.6 Å². The molecule has 0 amide bonds. The van der Waals surface area contributed by atoms with E-state index in [0.29, 0.717) is 11.5 Å². The molecule has 0 aliphatic heterocycles. The standard InChI is InChI=1S/C13H9ClFN3S/c1-7-4-9-12(16-6-17-13(9)19-7)18-8-2-3-11(15)10(14)5-8/h2-6H,1H3,(H,16,17,18). The van der Waals surface area contributed by atoms with Crippen LogP contribution in [-0.2, 0) is 0 Å². The molecule has 0 unspecified atom stereocenters. The molecular weight excluding hydrogens is 285 g/mol. The van der Waals surface area contributed by atoms with E-state index in [2.05, 4.69) is 15.3 Å². The summed E-state index contributed by atoms with van der Waals surface area (Å²) >= 11 is 7.36. The molecule has 0 saturated heterocycles. The van der Waals surface area contributed by atoms with Gasteiger partial charge < -0.3 is 5.32 Å². The van der Waals surface area contributed by atoms with Crippen LogP contribution in [0.15, 0.2) is 30.6 Å². The Kier molecular flexibility index (Phi) is 3.08. The molecule has 3 nitrogen and oxygen atoms in total. The van der Waals surface area contributed by atoms with Crippen LogP contribution in [0.3, 0.4) is 0 Å². The molecule has 2 heterocycles. The number of hydrogen-bond acceptors (Lipinski definition) is 4. The van der Waals surface area contributed by atoms with Crippen LogP contribution < -0.4 is 5.32 Å². The van der Waals surface area contributed by atoms with E-state index in [0.717, 1.165) is 15.1 Å². The monoisotopic (exact) mass is 293 g/mol. The predicted molar refractivity (Wildman–Crippen MR) is 76.8 cm³/mol. The van der Waals surface area contributed by atoms with E-state index in [4.69, 9.17) is 11.6 Å². The van der Waals surface area contributed by atoms with Crippen molar-refractivity contribution in [1.29, 1.82) is 0 Å². The van der Waals surface area contributed by atoms with Gasteiger partial charge in [0.15, 0.2) is 0 Å². The summed E-state index contributed by atoms with van der Waals surface area (Å²) in [4.78, 5) is 10.5. The molecule has 3 rings (SSSR count). The van der Waals surface area contributed by atoms with Crippen molar-refractivity contribution in [3.8, 4) is 0 Å². The van der Waals surface area contributed by atoms with Gasteiger partial charge in [-0.1, -0.05) is 11.6 Å². The quantitative estimate of drug-likeness (QED) is 0.754. The minimum absolute atomic E-state index is 0.0804. The van der Waals surface area contributed by atoms with Crippen LogP contribution in [0.1, 0.15) is 4.88 Å². The first-order valence-electron chi connectivity index (χ1n) is 5.57. The number of nitrogens with one attached hydrogen (secondary N) is 1. The van der Waals surface area contributed by atoms with Gasteiger partial charge in [-0.3, -0.25) is 0 Å². The SMILES string of the molecule is Cc1cc2c(Nc3ccc(F)c(Cl)c3)ncnc2s1. The first-order valence-corrected chi connectivity index (χ1v) is 6.76. The maximum absolute atomic E-state index is 13.1. The molecule has 0 aliphatic carbocycles. The number of anilines is 2. The topological polar surface area (TPSA) is 37.8 Å². The largest absolute Gasteiger partial charge is 0.340 e. The van der Waals surface area contributed by atoms with Crippen LogP contribution in [-0.4, -0.2) is 9.97 Å². The maximum atomic E-state index is 13.1. The number of aromatic nitrogens is 2. The lowest BCUT2D eigenvalue weighted by molar-refractivity contribution is 0.628. The van der Waals surface area contributed by atoms with Gasteiger partial charge in [0.1, 0.15) is 22.8 Å². The molecule has 0 aliphatic rings. The van der Waals surface area contributed by atoms with Crippen LogP contribution in [0.5, 0.6) is 0 Å². The second-order valence-corrected chi connectivity index (χ2v) is 5.69. The van der Waals surface area contributed by atoms with Crippen molar-refractivity contribution in [3.63, 3.8) is 0 Å². The fraction of sp³-hybridized carbons (Fsp3) is 0.0769. The van der Waals surface area contributed by atoms with Crippen molar-refractivity contribution in [2.45, 2.75) is 6.92 Å². The van der Waals surface area contributed by atoms with Gasteiger partial charge in [-0.2, -0.15) is 0 Å². The Morgan fingerprint density at radius 2 is 2.11 bits per heavy atom. The Morgan fingerprint density at radius 1 is 1.26 bits per heavy atom. The second-order valence-electron chi connectivity index (χ2n) is 4.05. The fourth-order valence-corrected chi connectivity index (χ4v) is 2.81. The third-order valence-corrected chi connectivity index (χ3v) is 3.88. The number of rotatable bonds is 2. The number of nitrogens with zero attached hydrogens (tertiary/aromatic N) is 2. The minimum Gasteiger partial charge on any atom is -0.340 e. The lowest BCUT2D eigenvalue weighted by Gasteiger charge is -2.06. The molecule has 1 N–H and O–H groups in total. The van der Waals surface area contributed by atoms with Crippen molar-refractivity contribution in [2.75, 3.05) is 5.32 Å². The maximum Gasteiger partial charge on any atom is 0.142 e.